The predicted molar refractivity (Wildman–Crippen MR) is 73.7 cm³/mol. The van der Waals surface area contributed by atoms with Crippen molar-refractivity contribution >= 4 is 27.3 Å². The number of rotatable bonds is 3. The fraction of sp³-hybridized carbons (Fsp3) is 0.357. The zero-order valence-electron chi connectivity index (χ0n) is 10.8. The lowest BCUT2D eigenvalue weighted by Crippen LogP contribution is -2.33. The molecule has 0 saturated heterocycles. The van der Waals surface area contributed by atoms with Crippen LogP contribution in [0, 0.1) is 5.92 Å². The molecule has 0 radical (unpaired) electrons. The Hall–Kier alpha value is -1.39. The Morgan fingerprint density at radius 3 is 2.56 bits per heavy atom. The van der Waals surface area contributed by atoms with Gasteiger partial charge < -0.3 is 0 Å². The number of hydrogen-bond donors (Lipinski definition) is 1. The van der Waals surface area contributed by atoms with Crippen molar-refractivity contribution in [3.8, 4) is 0 Å². The molecule has 0 aliphatic heterocycles. The van der Waals surface area contributed by atoms with Gasteiger partial charge in [0.1, 0.15) is 0 Å². The topological polar surface area (TPSA) is 40.5 Å². The van der Waals surface area contributed by atoms with Gasteiger partial charge in [-0.05, 0) is 24.4 Å². The van der Waals surface area contributed by atoms with Crippen LogP contribution in [0.1, 0.15) is 31.7 Å². The lowest BCUT2D eigenvalue weighted by Gasteiger charge is -2.23. The second-order valence-electron chi connectivity index (χ2n) is 4.70. The molecule has 0 bridgehead atoms. The Labute approximate surface area is 111 Å². The van der Waals surface area contributed by atoms with Gasteiger partial charge >= 0.3 is 0 Å². The first-order valence-corrected chi connectivity index (χ1v) is 6.82. The van der Waals surface area contributed by atoms with E-state index in [1.807, 2.05) is 37.3 Å². The highest BCUT2D eigenvalue weighted by atomic mass is 32.1. The summed E-state index contributed by atoms with van der Waals surface area (Å²) in [7, 11) is 0. The van der Waals surface area contributed by atoms with E-state index in [9.17, 15) is 10.0 Å². The molecular formula is C14H17NO2S. The third-order valence-electron chi connectivity index (χ3n) is 2.94. The van der Waals surface area contributed by atoms with Crippen molar-refractivity contribution in [1.82, 2.24) is 5.06 Å². The molecule has 1 aromatic heterocycles. The van der Waals surface area contributed by atoms with E-state index in [0.29, 0.717) is 0 Å². The molecule has 0 fully saturated rings. The first kappa shape index (κ1) is 13.1. The molecule has 2 aromatic rings. The van der Waals surface area contributed by atoms with Crippen molar-refractivity contribution in [2.45, 2.75) is 26.8 Å². The zero-order valence-corrected chi connectivity index (χ0v) is 11.6. The number of carbonyl (C=O) groups is 1. The number of hydroxylamine groups is 2. The summed E-state index contributed by atoms with van der Waals surface area (Å²) in [6, 6.07) is 9.78. The quantitative estimate of drug-likeness (QED) is 0.675. The second kappa shape index (κ2) is 5.08. The predicted octanol–water partition coefficient (Wildman–Crippen LogP) is 3.84. The molecule has 0 aliphatic carbocycles. The van der Waals surface area contributed by atoms with Gasteiger partial charge in [0, 0.05) is 15.5 Å². The lowest BCUT2D eigenvalue weighted by atomic mass is 10.1. The molecule has 18 heavy (non-hydrogen) atoms. The summed E-state index contributed by atoms with van der Waals surface area (Å²) < 4.78 is 1.17. The maximum absolute atomic E-state index is 11.8. The van der Waals surface area contributed by atoms with Crippen molar-refractivity contribution in [3.63, 3.8) is 0 Å². The second-order valence-corrected chi connectivity index (χ2v) is 5.82. The SMILES string of the molecule is CC(C)C(=O)N(O)C(C)c1cc2ccccc2s1. The van der Waals surface area contributed by atoms with E-state index in [2.05, 4.69) is 0 Å². The van der Waals surface area contributed by atoms with Crippen molar-refractivity contribution in [2.24, 2.45) is 5.92 Å². The highest BCUT2D eigenvalue weighted by Crippen LogP contribution is 2.32. The van der Waals surface area contributed by atoms with E-state index < -0.39 is 0 Å². The fourth-order valence-electron chi connectivity index (χ4n) is 1.78. The van der Waals surface area contributed by atoms with Gasteiger partial charge in [-0.2, -0.15) is 0 Å². The third-order valence-corrected chi connectivity index (χ3v) is 4.23. The van der Waals surface area contributed by atoms with Crippen LogP contribution < -0.4 is 0 Å². The van der Waals surface area contributed by atoms with E-state index in [0.717, 1.165) is 15.3 Å². The number of fused-ring (bicyclic) bond motifs is 1. The Morgan fingerprint density at radius 1 is 1.28 bits per heavy atom. The standard InChI is InChI=1S/C14H17NO2S/c1-9(2)14(16)15(17)10(3)13-8-11-6-4-5-7-12(11)18-13/h4-10,17H,1-3H3. The maximum atomic E-state index is 11.8. The van der Waals surface area contributed by atoms with Gasteiger partial charge in [0.2, 0.25) is 5.91 Å². The van der Waals surface area contributed by atoms with Crippen molar-refractivity contribution < 1.29 is 10.0 Å². The smallest absolute Gasteiger partial charge is 0.249 e. The largest absolute Gasteiger partial charge is 0.285 e. The number of nitrogens with zero attached hydrogens (tertiary/aromatic N) is 1. The van der Waals surface area contributed by atoms with E-state index >= 15 is 0 Å². The van der Waals surface area contributed by atoms with Crippen molar-refractivity contribution in [2.75, 3.05) is 0 Å². The third kappa shape index (κ3) is 2.40. The molecule has 1 amide bonds. The Morgan fingerprint density at radius 2 is 1.94 bits per heavy atom. The summed E-state index contributed by atoms with van der Waals surface area (Å²) in [6.45, 7) is 5.40. The Balaban J connectivity index is 2.27. The molecular weight excluding hydrogens is 246 g/mol. The summed E-state index contributed by atoms with van der Waals surface area (Å²) in [5.41, 5.74) is 0. The Bertz CT molecular complexity index is 529. The number of amides is 1. The first-order valence-electron chi connectivity index (χ1n) is 6.01. The average molecular weight is 263 g/mol. The van der Waals surface area contributed by atoms with E-state index in [-0.39, 0.29) is 17.9 Å². The summed E-state index contributed by atoms with van der Waals surface area (Å²) in [6.07, 6.45) is 0. The highest BCUT2D eigenvalue weighted by Gasteiger charge is 2.23. The normalized spacial score (nSPS) is 12.9. The number of thiophene rings is 1. The molecule has 1 unspecified atom stereocenters. The van der Waals surface area contributed by atoms with Gasteiger partial charge in [-0.1, -0.05) is 32.0 Å². The van der Waals surface area contributed by atoms with Crippen LogP contribution >= 0.6 is 11.3 Å². The van der Waals surface area contributed by atoms with Gasteiger partial charge in [-0.25, -0.2) is 5.06 Å². The fourth-order valence-corrected chi connectivity index (χ4v) is 2.89. The van der Waals surface area contributed by atoms with E-state index in [4.69, 9.17) is 0 Å². The minimum atomic E-state index is -0.308. The molecule has 1 N–H and O–H groups in total. The molecule has 2 rings (SSSR count). The molecule has 0 saturated carbocycles. The molecule has 1 aromatic carbocycles. The summed E-state index contributed by atoms with van der Waals surface area (Å²) >= 11 is 1.61. The molecule has 1 heterocycles. The van der Waals surface area contributed by atoms with Crippen LogP contribution in [0.5, 0.6) is 0 Å². The Kier molecular flexibility index (Phi) is 3.68. The summed E-state index contributed by atoms with van der Waals surface area (Å²) in [4.78, 5) is 12.7. The molecule has 4 heteroatoms. The maximum Gasteiger partial charge on any atom is 0.249 e. The van der Waals surface area contributed by atoms with Gasteiger partial charge in [-0.15, -0.1) is 11.3 Å². The molecule has 0 spiro atoms. The van der Waals surface area contributed by atoms with Gasteiger partial charge in [0.25, 0.3) is 0 Å². The van der Waals surface area contributed by atoms with Crippen LogP contribution in [-0.2, 0) is 4.79 Å². The molecule has 3 nitrogen and oxygen atoms in total. The number of hydrogen-bond acceptors (Lipinski definition) is 3. The van der Waals surface area contributed by atoms with Crippen molar-refractivity contribution in [1.29, 1.82) is 0 Å². The lowest BCUT2D eigenvalue weighted by molar-refractivity contribution is -0.178. The summed E-state index contributed by atoms with van der Waals surface area (Å²) in [5, 5.41) is 11.9. The average Bonchev–Trinajstić information content (AvgIpc) is 2.79. The van der Waals surface area contributed by atoms with Crippen LogP contribution in [0.2, 0.25) is 0 Å². The highest BCUT2D eigenvalue weighted by molar-refractivity contribution is 7.19. The van der Waals surface area contributed by atoms with Crippen LogP contribution in [-0.4, -0.2) is 16.2 Å². The zero-order chi connectivity index (χ0) is 13.3. The first-order chi connectivity index (χ1) is 8.50. The van der Waals surface area contributed by atoms with E-state index in [1.165, 1.54) is 4.70 Å². The molecule has 1 atom stereocenters. The van der Waals surface area contributed by atoms with Crippen molar-refractivity contribution in [3.05, 3.63) is 35.2 Å². The van der Waals surface area contributed by atoms with E-state index in [1.54, 1.807) is 25.2 Å². The minimum Gasteiger partial charge on any atom is -0.285 e. The van der Waals surface area contributed by atoms with Crippen LogP contribution in [0.25, 0.3) is 10.1 Å². The van der Waals surface area contributed by atoms with Gasteiger partial charge in [0.05, 0.1) is 6.04 Å². The van der Waals surface area contributed by atoms with Gasteiger partial charge in [0.15, 0.2) is 0 Å². The monoisotopic (exact) mass is 263 g/mol. The molecule has 96 valence electrons. The number of benzene rings is 1. The molecule has 0 aliphatic rings. The number of carbonyl (C=O) groups excluding carboxylic acids is 1. The minimum absolute atomic E-state index is 0.202. The van der Waals surface area contributed by atoms with Crippen LogP contribution in [0.15, 0.2) is 30.3 Å². The van der Waals surface area contributed by atoms with Crippen LogP contribution in [0.3, 0.4) is 0 Å². The van der Waals surface area contributed by atoms with Crippen LogP contribution in [0.4, 0.5) is 0 Å². The summed E-state index contributed by atoms with van der Waals surface area (Å²) in [5.74, 6) is -0.452. The van der Waals surface area contributed by atoms with Gasteiger partial charge in [-0.3, -0.25) is 10.0 Å².